The Bertz CT molecular complexity index is 933. The molecule has 0 radical (unpaired) electrons. The SMILES string of the molecule is CCOC(=O)[C@H]1[C@H]2C(=O)N([C@@H](CO)[C@@H](C)CC)C(C(=O)NCc3ccccc3)C23CC(Br)[C@@H]1S3. The molecule has 34 heavy (non-hydrogen) atoms. The Hall–Kier alpha value is -1.58. The normalized spacial score (nSPS) is 33.5. The molecule has 3 aliphatic heterocycles. The second-order valence-corrected chi connectivity index (χ2v) is 12.2. The first kappa shape index (κ1) is 25.5. The highest BCUT2D eigenvalue weighted by Crippen LogP contribution is 2.68. The summed E-state index contributed by atoms with van der Waals surface area (Å²) in [6.45, 7) is 6.10. The number of esters is 1. The average molecular weight is 554 g/mol. The van der Waals surface area contributed by atoms with Gasteiger partial charge in [-0.25, -0.2) is 0 Å². The van der Waals surface area contributed by atoms with Crippen molar-refractivity contribution in [2.75, 3.05) is 13.2 Å². The van der Waals surface area contributed by atoms with Gasteiger partial charge in [0.1, 0.15) is 6.04 Å². The summed E-state index contributed by atoms with van der Waals surface area (Å²) < 4.78 is 4.64. The molecule has 0 aliphatic carbocycles. The maximum Gasteiger partial charge on any atom is 0.310 e. The number of hydrogen-bond acceptors (Lipinski definition) is 6. The molecule has 3 unspecified atom stereocenters. The van der Waals surface area contributed by atoms with E-state index in [1.807, 2.05) is 44.2 Å². The van der Waals surface area contributed by atoms with Crippen molar-refractivity contribution >= 4 is 45.5 Å². The Morgan fingerprint density at radius 1 is 1.32 bits per heavy atom. The average Bonchev–Trinajstić information content (AvgIpc) is 3.42. The fourth-order valence-electron chi connectivity index (χ4n) is 5.93. The Balaban J connectivity index is 1.73. The minimum absolute atomic E-state index is 0.00314. The Morgan fingerprint density at radius 3 is 2.65 bits per heavy atom. The van der Waals surface area contributed by atoms with E-state index in [0.29, 0.717) is 13.0 Å². The minimum atomic E-state index is -0.769. The van der Waals surface area contributed by atoms with Crippen molar-refractivity contribution in [3.63, 3.8) is 0 Å². The first-order valence-electron chi connectivity index (χ1n) is 12.0. The predicted molar refractivity (Wildman–Crippen MR) is 134 cm³/mol. The molecule has 1 aromatic carbocycles. The summed E-state index contributed by atoms with van der Waals surface area (Å²) in [5.41, 5.74) is 0.965. The summed E-state index contributed by atoms with van der Waals surface area (Å²) >= 11 is 5.32. The van der Waals surface area contributed by atoms with Crippen LogP contribution in [0.2, 0.25) is 0 Å². The molecule has 9 heteroatoms. The van der Waals surface area contributed by atoms with Gasteiger partial charge in [0.15, 0.2) is 0 Å². The number of nitrogens with one attached hydrogen (secondary N) is 1. The van der Waals surface area contributed by atoms with E-state index in [4.69, 9.17) is 4.74 Å². The van der Waals surface area contributed by atoms with Gasteiger partial charge in [-0.3, -0.25) is 14.4 Å². The van der Waals surface area contributed by atoms with Crippen LogP contribution < -0.4 is 5.32 Å². The molecule has 7 nitrogen and oxygen atoms in total. The van der Waals surface area contributed by atoms with Crippen LogP contribution in [-0.4, -0.2) is 67.9 Å². The van der Waals surface area contributed by atoms with Crippen LogP contribution in [0.1, 0.15) is 39.2 Å². The van der Waals surface area contributed by atoms with E-state index < -0.39 is 28.7 Å². The number of nitrogens with zero attached hydrogens (tertiary/aromatic N) is 1. The zero-order chi connectivity index (χ0) is 24.6. The smallest absolute Gasteiger partial charge is 0.310 e. The third-order valence-corrected chi connectivity index (χ3v) is 10.9. The number of halogens is 1. The Kier molecular flexibility index (Phi) is 7.64. The van der Waals surface area contributed by atoms with Crippen LogP contribution in [-0.2, 0) is 25.7 Å². The molecule has 3 aliphatic rings. The number of likely N-dealkylation sites (tertiary alicyclic amines) is 1. The van der Waals surface area contributed by atoms with Crippen LogP contribution in [0.15, 0.2) is 30.3 Å². The number of benzene rings is 1. The van der Waals surface area contributed by atoms with E-state index in [1.165, 1.54) is 0 Å². The fraction of sp³-hybridized carbons (Fsp3) is 0.640. The monoisotopic (exact) mass is 552 g/mol. The quantitative estimate of drug-likeness (QED) is 0.361. The largest absolute Gasteiger partial charge is 0.466 e. The number of fused-ring (bicyclic) bond motifs is 1. The van der Waals surface area contributed by atoms with Crippen molar-refractivity contribution in [1.29, 1.82) is 0 Å². The number of carbonyl (C=O) groups is 3. The number of aliphatic hydroxyl groups is 1. The zero-order valence-corrected chi connectivity index (χ0v) is 22.2. The number of alkyl halides is 1. The van der Waals surface area contributed by atoms with Gasteiger partial charge in [-0.1, -0.05) is 66.5 Å². The lowest BCUT2D eigenvalue weighted by Gasteiger charge is -2.39. The van der Waals surface area contributed by atoms with Gasteiger partial charge in [0, 0.05) is 16.6 Å². The molecule has 4 rings (SSSR count). The number of hydrogen-bond donors (Lipinski definition) is 2. The number of ether oxygens (including phenoxy) is 1. The first-order valence-corrected chi connectivity index (χ1v) is 13.8. The van der Waals surface area contributed by atoms with Crippen molar-refractivity contribution in [3.8, 4) is 0 Å². The molecule has 3 fully saturated rings. The van der Waals surface area contributed by atoms with Gasteiger partial charge in [0.2, 0.25) is 11.8 Å². The van der Waals surface area contributed by atoms with E-state index >= 15 is 0 Å². The molecule has 3 heterocycles. The number of amides is 2. The highest BCUT2D eigenvalue weighted by atomic mass is 79.9. The number of rotatable bonds is 9. The lowest BCUT2D eigenvalue weighted by molar-refractivity contribution is -0.154. The van der Waals surface area contributed by atoms with Crippen molar-refractivity contribution in [1.82, 2.24) is 10.2 Å². The Labute approximate surface area is 213 Å². The van der Waals surface area contributed by atoms with Crippen LogP contribution >= 0.6 is 27.7 Å². The molecule has 3 saturated heterocycles. The van der Waals surface area contributed by atoms with Crippen molar-refractivity contribution in [2.24, 2.45) is 17.8 Å². The molecular formula is C25H33BrN2O5S. The molecule has 2 bridgehead atoms. The zero-order valence-electron chi connectivity index (χ0n) is 19.8. The topological polar surface area (TPSA) is 95.9 Å². The predicted octanol–water partition coefficient (Wildman–Crippen LogP) is 2.74. The van der Waals surface area contributed by atoms with Crippen LogP contribution in [0.5, 0.6) is 0 Å². The van der Waals surface area contributed by atoms with Crippen molar-refractivity contribution in [2.45, 2.75) is 67.1 Å². The van der Waals surface area contributed by atoms with Crippen LogP contribution in [0, 0.1) is 17.8 Å². The van der Waals surface area contributed by atoms with Gasteiger partial charge in [0.05, 0.1) is 35.8 Å². The lowest BCUT2D eigenvalue weighted by Crippen LogP contribution is -2.58. The summed E-state index contributed by atoms with van der Waals surface area (Å²) in [4.78, 5) is 42.4. The van der Waals surface area contributed by atoms with E-state index in [9.17, 15) is 19.5 Å². The third kappa shape index (κ3) is 4.07. The van der Waals surface area contributed by atoms with Crippen molar-refractivity contribution in [3.05, 3.63) is 35.9 Å². The van der Waals surface area contributed by atoms with Gasteiger partial charge in [0.25, 0.3) is 0 Å². The lowest BCUT2D eigenvalue weighted by atomic mass is 9.71. The van der Waals surface area contributed by atoms with Gasteiger partial charge >= 0.3 is 5.97 Å². The van der Waals surface area contributed by atoms with Gasteiger partial charge in [-0.2, -0.15) is 0 Å². The standard InChI is InChI=1S/C25H33BrN2O5S/c1-4-14(3)17(13-29)28-21(22(30)27-12-15-9-7-6-8-10-15)25-11-16(26)20(34-25)18(19(25)23(28)31)24(32)33-5-2/h6-10,14,16-21,29H,4-5,11-13H2,1-3H3,(H,27,30)/t14-,16?,17-,18-,19-,20-,21?,25?/m0/s1. The van der Waals surface area contributed by atoms with Crippen LogP contribution in [0.25, 0.3) is 0 Å². The van der Waals surface area contributed by atoms with E-state index in [0.717, 1.165) is 12.0 Å². The van der Waals surface area contributed by atoms with Crippen LogP contribution in [0.4, 0.5) is 0 Å². The molecule has 186 valence electrons. The fourth-order valence-corrected chi connectivity index (χ4v) is 9.52. The molecule has 0 saturated carbocycles. The van der Waals surface area contributed by atoms with Gasteiger partial charge < -0.3 is 20.1 Å². The van der Waals surface area contributed by atoms with Gasteiger partial charge in [-0.05, 0) is 24.8 Å². The molecule has 8 atom stereocenters. The van der Waals surface area contributed by atoms with E-state index in [2.05, 4.69) is 21.2 Å². The summed E-state index contributed by atoms with van der Waals surface area (Å²) in [5.74, 6) is -2.08. The molecule has 0 aromatic heterocycles. The maximum atomic E-state index is 14.0. The molecule has 1 spiro atoms. The molecule has 2 N–H and O–H groups in total. The number of thioether (sulfide) groups is 1. The molecule has 2 amide bonds. The number of carbonyl (C=O) groups excluding carboxylic acids is 3. The number of aliphatic hydroxyl groups excluding tert-OH is 1. The minimum Gasteiger partial charge on any atom is -0.466 e. The second kappa shape index (κ2) is 10.2. The van der Waals surface area contributed by atoms with Crippen molar-refractivity contribution < 1.29 is 24.2 Å². The van der Waals surface area contributed by atoms with Crippen LogP contribution in [0.3, 0.4) is 0 Å². The highest BCUT2D eigenvalue weighted by Gasteiger charge is 2.76. The first-order chi connectivity index (χ1) is 16.3. The summed E-state index contributed by atoms with van der Waals surface area (Å²) in [6.07, 6.45) is 1.36. The highest BCUT2D eigenvalue weighted by molar-refractivity contribution is 9.09. The third-order valence-electron chi connectivity index (χ3n) is 7.69. The second-order valence-electron chi connectivity index (χ2n) is 9.50. The molecular weight excluding hydrogens is 520 g/mol. The summed E-state index contributed by atoms with van der Waals surface area (Å²) in [5, 5.41) is 13.2. The summed E-state index contributed by atoms with van der Waals surface area (Å²) in [7, 11) is 0. The molecule has 1 aromatic rings. The van der Waals surface area contributed by atoms with E-state index in [-0.39, 0.29) is 47.0 Å². The Morgan fingerprint density at radius 2 is 2.03 bits per heavy atom. The summed E-state index contributed by atoms with van der Waals surface area (Å²) in [6, 6.07) is 8.37. The van der Waals surface area contributed by atoms with Gasteiger partial charge in [-0.15, -0.1) is 11.8 Å². The van der Waals surface area contributed by atoms with E-state index in [1.54, 1.807) is 23.6 Å². The maximum absolute atomic E-state index is 14.0.